The summed E-state index contributed by atoms with van der Waals surface area (Å²) in [5.41, 5.74) is -0.312. The van der Waals surface area contributed by atoms with Gasteiger partial charge < -0.3 is 20.4 Å². The highest BCUT2D eigenvalue weighted by Crippen LogP contribution is 2.39. The van der Waals surface area contributed by atoms with Gasteiger partial charge in [-0.2, -0.15) is 0 Å². The molecular weight excluding hydrogens is 479 g/mol. The molecule has 29 heavy (non-hydrogen) atoms. The van der Waals surface area contributed by atoms with Crippen LogP contribution >= 0.6 is 24.0 Å². The fourth-order valence-electron chi connectivity index (χ4n) is 4.43. The molecule has 1 atom stereocenters. The first kappa shape index (κ1) is 26.4. The summed E-state index contributed by atoms with van der Waals surface area (Å²) in [6, 6.07) is 0.465. The molecule has 1 saturated heterocycles. The van der Waals surface area contributed by atoms with E-state index in [9.17, 15) is 4.79 Å². The van der Waals surface area contributed by atoms with E-state index < -0.39 is 0 Å². The Morgan fingerprint density at radius 3 is 2.24 bits per heavy atom. The van der Waals surface area contributed by atoms with Crippen LogP contribution in [0.4, 0.5) is 0 Å². The maximum Gasteiger partial charge on any atom is 0.230 e. The third-order valence-corrected chi connectivity index (χ3v) is 6.35. The van der Waals surface area contributed by atoms with Gasteiger partial charge in [0.15, 0.2) is 5.96 Å². The molecule has 8 heteroatoms. The van der Waals surface area contributed by atoms with E-state index in [0.29, 0.717) is 12.6 Å². The van der Waals surface area contributed by atoms with E-state index in [-0.39, 0.29) is 35.3 Å². The number of nitrogens with one attached hydrogen (secondary N) is 2. The first-order valence-corrected chi connectivity index (χ1v) is 11.1. The van der Waals surface area contributed by atoms with E-state index in [0.717, 1.165) is 77.5 Å². The van der Waals surface area contributed by atoms with Crippen LogP contribution in [0.3, 0.4) is 0 Å². The second-order valence-electron chi connectivity index (χ2n) is 8.58. The van der Waals surface area contributed by atoms with Crippen molar-refractivity contribution in [3.05, 3.63) is 0 Å². The normalized spacial score (nSPS) is 21.3. The van der Waals surface area contributed by atoms with Crippen LogP contribution in [0.25, 0.3) is 0 Å². The molecule has 1 unspecified atom stereocenters. The molecule has 1 aliphatic heterocycles. The third kappa shape index (κ3) is 7.54. The molecule has 0 spiro atoms. The molecule has 2 aliphatic rings. The van der Waals surface area contributed by atoms with E-state index in [1.54, 1.807) is 4.90 Å². The second kappa shape index (κ2) is 12.9. The highest BCUT2D eigenvalue weighted by molar-refractivity contribution is 14.0. The summed E-state index contributed by atoms with van der Waals surface area (Å²) in [5.74, 6) is 1.06. The van der Waals surface area contributed by atoms with Gasteiger partial charge in [0.1, 0.15) is 0 Å². The van der Waals surface area contributed by atoms with Gasteiger partial charge in [0, 0.05) is 59.4 Å². The zero-order valence-corrected chi connectivity index (χ0v) is 21.5. The fourth-order valence-corrected chi connectivity index (χ4v) is 4.43. The van der Waals surface area contributed by atoms with Crippen LogP contribution in [0.2, 0.25) is 0 Å². The standard InChI is InChI=1S/C21H42N6O.HI/c1-6-22-20(23-16-18(3)27-14-12-26(7-2)13-15-27)24-17-21(10-8-9-11-21)19(28)25(4)5;/h18H,6-17H2,1-5H3,(H2,22,23,24);1H. The first-order chi connectivity index (χ1) is 13.4. The Morgan fingerprint density at radius 2 is 1.72 bits per heavy atom. The first-order valence-electron chi connectivity index (χ1n) is 11.1. The average molecular weight is 523 g/mol. The number of amides is 1. The molecule has 2 N–H and O–H groups in total. The van der Waals surface area contributed by atoms with Gasteiger partial charge >= 0.3 is 0 Å². The molecule has 0 aromatic rings. The lowest BCUT2D eigenvalue weighted by Gasteiger charge is -2.37. The van der Waals surface area contributed by atoms with Crippen molar-refractivity contribution in [3.8, 4) is 0 Å². The van der Waals surface area contributed by atoms with Crippen LogP contribution in [0.1, 0.15) is 46.5 Å². The quantitative estimate of drug-likeness (QED) is 0.290. The monoisotopic (exact) mass is 522 g/mol. The zero-order valence-electron chi connectivity index (χ0n) is 19.2. The molecule has 2 fully saturated rings. The summed E-state index contributed by atoms with van der Waals surface area (Å²) in [4.78, 5) is 24.4. The molecule has 2 rings (SSSR count). The number of rotatable bonds is 8. The Labute approximate surface area is 195 Å². The van der Waals surface area contributed by atoms with E-state index in [2.05, 4.69) is 41.2 Å². The molecule has 7 nitrogen and oxygen atoms in total. The minimum Gasteiger partial charge on any atom is -0.357 e. The Hall–Kier alpha value is -0.610. The predicted octanol–water partition coefficient (Wildman–Crippen LogP) is 1.83. The molecule has 0 radical (unpaired) electrons. The number of carbonyl (C=O) groups excluding carboxylic acids is 1. The Morgan fingerprint density at radius 1 is 1.10 bits per heavy atom. The summed E-state index contributed by atoms with van der Waals surface area (Å²) in [5, 5.41) is 6.86. The van der Waals surface area contributed by atoms with E-state index in [1.807, 2.05) is 14.1 Å². The van der Waals surface area contributed by atoms with E-state index in [1.165, 1.54) is 0 Å². The summed E-state index contributed by atoms with van der Waals surface area (Å²) >= 11 is 0. The lowest BCUT2D eigenvalue weighted by Crippen LogP contribution is -2.53. The van der Waals surface area contributed by atoms with Gasteiger partial charge in [0.2, 0.25) is 5.91 Å². The predicted molar refractivity (Wildman–Crippen MR) is 132 cm³/mol. The summed E-state index contributed by atoms with van der Waals surface area (Å²) in [7, 11) is 3.71. The van der Waals surface area contributed by atoms with Crippen LogP contribution in [-0.4, -0.2) is 99.1 Å². The average Bonchev–Trinajstić information content (AvgIpc) is 3.19. The molecule has 0 aromatic heterocycles. The summed E-state index contributed by atoms with van der Waals surface area (Å²) in [6.45, 7) is 14.6. The largest absolute Gasteiger partial charge is 0.357 e. The van der Waals surface area contributed by atoms with Crippen molar-refractivity contribution in [1.82, 2.24) is 25.3 Å². The number of guanidine groups is 1. The number of piperazine rings is 1. The lowest BCUT2D eigenvalue weighted by molar-refractivity contribution is -0.138. The SMILES string of the molecule is CCNC(=NCC1(C(=O)N(C)C)CCCC1)NCC(C)N1CCN(CC)CC1.I. The van der Waals surface area contributed by atoms with Crippen molar-refractivity contribution < 1.29 is 4.79 Å². The Kier molecular flexibility index (Phi) is 11.8. The highest BCUT2D eigenvalue weighted by atomic mass is 127. The van der Waals surface area contributed by atoms with Gasteiger partial charge in [-0.15, -0.1) is 24.0 Å². The molecule has 170 valence electrons. The minimum absolute atomic E-state index is 0. The number of halogens is 1. The highest BCUT2D eigenvalue weighted by Gasteiger charge is 2.42. The molecule has 0 bridgehead atoms. The third-order valence-electron chi connectivity index (χ3n) is 6.35. The second-order valence-corrected chi connectivity index (χ2v) is 8.58. The Balaban J connectivity index is 0.00000420. The topological polar surface area (TPSA) is 63.2 Å². The molecule has 1 heterocycles. The zero-order chi connectivity index (χ0) is 20.6. The van der Waals surface area contributed by atoms with Crippen LogP contribution in [0.5, 0.6) is 0 Å². The Bertz CT molecular complexity index is 513. The van der Waals surface area contributed by atoms with E-state index in [4.69, 9.17) is 4.99 Å². The van der Waals surface area contributed by atoms with Gasteiger partial charge in [0.05, 0.1) is 12.0 Å². The minimum atomic E-state index is -0.312. The van der Waals surface area contributed by atoms with Crippen molar-refractivity contribution in [1.29, 1.82) is 0 Å². The summed E-state index contributed by atoms with van der Waals surface area (Å²) in [6.07, 6.45) is 4.15. The lowest BCUT2D eigenvalue weighted by atomic mass is 9.85. The fraction of sp³-hybridized carbons (Fsp3) is 0.905. The van der Waals surface area contributed by atoms with Gasteiger partial charge in [-0.25, -0.2) is 0 Å². The number of nitrogens with zero attached hydrogens (tertiary/aromatic N) is 4. The van der Waals surface area contributed by atoms with Crippen molar-refractivity contribution >= 4 is 35.8 Å². The van der Waals surface area contributed by atoms with Crippen LogP contribution < -0.4 is 10.6 Å². The maximum atomic E-state index is 12.8. The summed E-state index contributed by atoms with van der Waals surface area (Å²) < 4.78 is 0. The van der Waals surface area contributed by atoms with Crippen molar-refractivity contribution in [2.24, 2.45) is 10.4 Å². The van der Waals surface area contributed by atoms with Crippen LogP contribution in [-0.2, 0) is 4.79 Å². The van der Waals surface area contributed by atoms with Gasteiger partial charge in [-0.3, -0.25) is 14.7 Å². The van der Waals surface area contributed by atoms with Crippen molar-refractivity contribution in [2.45, 2.75) is 52.5 Å². The molecule has 1 aliphatic carbocycles. The number of likely N-dealkylation sites (N-methyl/N-ethyl adjacent to an activating group) is 1. The molecule has 1 saturated carbocycles. The van der Waals surface area contributed by atoms with Gasteiger partial charge in [-0.1, -0.05) is 19.8 Å². The van der Waals surface area contributed by atoms with Crippen molar-refractivity contribution in [3.63, 3.8) is 0 Å². The van der Waals surface area contributed by atoms with Crippen LogP contribution in [0, 0.1) is 5.41 Å². The number of hydrogen-bond acceptors (Lipinski definition) is 4. The van der Waals surface area contributed by atoms with Gasteiger partial charge in [-0.05, 0) is 33.2 Å². The van der Waals surface area contributed by atoms with Gasteiger partial charge in [0.25, 0.3) is 0 Å². The maximum absolute atomic E-state index is 12.8. The number of carbonyl (C=O) groups is 1. The smallest absolute Gasteiger partial charge is 0.230 e. The van der Waals surface area contributed by atoms with Crippen LogP contribution in [0.15, 0.2) is 4.99 Å². The molecule has 0 aromatic carbocycles. The number of hydrogen-bond donors (Lipinski definition) is 2. The molecule has 1 amide bonds. The van der Waals surface area contributed by atoms with Crippen molar-refractivity contribution in [2.75, 3.05) is 66.5 Å². The molecular formula is C21H43IN6O. The van der Waals surface area contributed by atoms with E-state index >= 15 is 0 Å². The number of aliphatic imine (C=N–C) groups is 1.